The van der Waals surface area contributed by atoms with Crippen LogP contribution in [0.15, 0.2) is 18.6 Å². The molecule has 0 aliphatic rings. The van der Waals surface area contributed by atoms with Gasteiger partial charge in [0.2, 0.25) is 5.95 Å². The summed E-state index contributed by atoms with van der Waals surface area (Å²) in [6.45, 7) is 3.60. The Kier molecular flexibility index (Phi) is 2.80. The van der Waals surface area contributed by atoms with Crippen molar-refractivity contribution in [2.24, 2.45) is 7.05 Å². The third-order valence-electron chi connectivity index (χ3n) is 2.56. The summed E-state index contributed by atoms with van der Waals surface area (Å²) in [4.78, 5) is 4.22. The molecule has 0 atom stereocenters. The maximum atomic E-state index is 5.85. The average molecular weight is 220 g/mol. The van der Waals surface area contributed by atoms with Crippen LogP contribution in [0.5, 0.6) is 0 Å². The summed E-state index contributed by atoms with van der Waals surface area (Å²) >= 11 is 0. The van der Waals surface area contributed by atoms with Crippen LogP contribution in [-0.4, -0.2) is 19.3 Å². The molecule has 0 bridgehead atoms. The molecule has 0 saturated carbocycles. The van der Waals surface area contributed by atoms with Gasteiger partial charge in [0.1, 0.15) is 5.82 Å². The first kappa shape index (κ1) is 10.5. The Bertz CT molecular complexity index is 469. The van der Waals surface area contributed by atoms with Gasteiger partial charge in [0.15, 0.2) is 0 Å². The van der Waals surface area contributed by atoms with Crippen molar-refractivity contribution in [3.05, 3.63) is 24.2 Å². The Labute approximate surface area is 94.1 Å². The molecule has 6 heteroatoms. The molecule has 0 radical (unpaired) electrons. The number of aryl methyl sites for hydroxylation is 2. The van der Waals surface area contributed by atoms with E-state index in [2.05, 4.69) is 22.3 Å². The summed E-state index contributed by atoms with van der Waals surface area (Å²) < 4.78 is 3.69. The Morgan fingerprint density at radius 1 is 1.50 bits per heavy atom. The van der Waals surface area contributed by atoms with E-state index in [0.717, 1.165) is 18.1 Å². The summed E-state index contributed by atoms with van der Waals surface area (Å²) in [6.07, 6.45) is 5.48. The molecular formula is C10H16N6. The molecule has 0 fully saturated rings. The van der Waals surface area contributed by atoms with Gasteiger partial charge in [-0.3, -0.25) is 4.68 Å². The predicted molar refractivity (Wildman–Crippen MR) is 62.8 cm³/mol. The Morgan fingerprint density at radius 2 is 2.31 bits per heavy atom. The molecule has 0 aliphatic heterocycles. The fourth-order valence-electron chi connectivity index (χ4n) is 1.53. The maximum absolute atomic E-state index is 5.85. The van der Waals surface area contributed by atoms with Crippen molar-refractivity contribution < 1.29 is 0 Å². The van der Waals surface area contributed by atoms with Crippen LogP contribution in [0.1, 0.15) is 12.5 Å². The first-order valence-corrected chi connectivity index (χ1v) is 5.23. The van der Waals surface area contributed by atoms with Crippen LogP contribution in [0.4, 0.5) is 11.8 Å². The van der Waals surface area contributed by atoms with E-state index in [-0.39, 0.29) is 0 Å². The number of aromatic nitrogens is 4. The molecule has 2 heterocycles. The minimum absolute atomic E-state index is 0.636. The maximum Gasteiger partial charge on any atom is 0.203 e. The second-order valence-corrected chi connectivity index (χ2v) is 3.57. The van der Waals surface area contributed by atoms with Gasteiger partial charge in [0.25, 0.3) is 0 Å². The van der Waals surface area contributed by atoms with E-state index in [4.69, 9.17) is 5.73 Å². The molecule has 2 rings (SSSR count). The van der Waals surface area contributed by atoms with Crippen LogP contribution in [0.2, 0.25) is 0 Å². The van der Waals surface area contributed by atoms with Crippen LogP contribution in [0, 0.1) is 0 Å². The van der Waals surface area contributed by atoms with Gasteiger partial charge in [-0.2, -0.15) is 5.10 Å². The monoisotopic (exact) mass is 220 g/mol. The number of nitrogens with one attached hydrogen (secondary N) is 1. The summed E-state index contributed by atoms with van der Waals surface area (Å²) in [6, 6.07) is 0. The third kappa shape index (κ3) is 1.86. The summed E-state index contributed by atoms with van der Waals surface area (Å²) in [7, 11) is 1.83. The van der Waals surface area contributed by atoms with Crippen molar-refractivity contribution >= 4 is 11.8 Å². The molecule has 0 unspecified atom stereocenters. The van der Waals surface area contributed by atoms with Gasteiger partial charge in [-0.1, -0.05) is 0 Å². The van der Waals surface area contributed by atoms with Crippen LogP contribution in [0.3, 0.4) is 0 Å². The zero-order valence-electron chi connectivity index (χ0n) is 9.51. The van der Waals surface area contributed by atoms with Gasteiger partial charge >= 0.3 is 0 Å². The van der Waals surface area contributed by atoms with Gasteiger partial charge in [-0.25, -0.2) is 4.98 Å². The quantitative estimate of drug-likeness (QED) is 0.800. The lowest BCUT2D eigenvalue weighted by Crippen LogP contribution is -2.08. The van der Waals surface area contributed by atoms with Crippen LogP contribution >= 0.6 is 0 Å². The van der Waals surface area contributed by atoms with E-state index in [9.17, 15) is 0 Å². The molecule has 16 heavy (non-hydrogen) atoms. The minimum atomic E-state index is 0.636. The number of nitrogens with two attached hydrogens (primary N) is 1. The van der Waals surface area contributed by atoms with Crippen molar-refractivity contribution in [2.75, 3.05) is 11.1 Å². The SMILES string of the molecule is CCn1ccnc1NCc1cnn(C)c1N. The van der Waals surface area contributed by atoms with E-state index in [0.29, 0.717) is 12.4 Å². The molecule has 86 valence electrons. The number of rotatable bonds is 4. The van der Waals surface area contributed by atoms with Crippen LogP contribution in [0.25, 0.3) is 0 Å². The lowest BCUT2D eigenvalue weighted by molar-refractivity contribution is 0.763. The smallest absolute Gasteiger partial charge is 0.203 e. The van der Waals surface area contributed by atoms with E-state index < -0.39 is 0 Å². The molecule has 0 amide bonds. The van der Waals surface area contributed by atoms with Crippen LogP contribution < -0.4 is 11.1 Å². The molecule has 0 aliphatic carbocycles. The van der Waals surface area contributed by atoms with Gasteiger partial charge in [0.05, 0.1) is 6.20 Å². The minimum Gasteiger partial charge on any atom is -0.384 e. The standard InChI is InChI=1S/C10H16N6/c1-3-16-5-4-12-10(16)13-6-8-7-14-15(2)9(8)11/h4-5,7H,3,6,11H2,1-2H3,(H,12,13). The number of hydrogen-bond acceptors (Lipinski definition) is 4. The predicted octanol–water partition coefficient (Wildman–Crippen LogP) is 0.831. The van der Waals surface area contributed by atoms with Crippen molar-refractivity contribution in [3.63, 3.8) is 0 Å². The molecule has 6 nitrogen and oxygen atoms in total. The normalized spacial score (nSPS) is 10.6. The van der Waals surface area contributed by atoms with Crippen LogP contribution in [-0.2, 0) is 20.1 Å². The number of nitrogens with zero attached hydrogens (tertiary/aromatic N) is 4. The second kappa shape index (κ2) is 4.26. The van der Waals surface area contributed by atoms with Gasteiger partial charge in [-0.15, -0.1) is 0 Å². The van der Waals surface area contributed by atoms with Crippen molar-refractivity contribution in [3.8, 4) is 0 Å². The van der Waals surface area contributed by atoms with Crippen molar-refractivity contribution in [1.29, 1.82) is 0 Å². The largest absolute Gasteiger partial charge is 0.384 e. The fourth-order valence-corrected chi connectivity index (χ4v) is 1.53. The molecule has 0 saturated heterocycles. The van der Waals surface area contributed by atoms with Gasteiger partial charge < -0.3 is 15.6 Å². The molecule has 0 spiro atoms. The first-order valence-electron chi connectivity index (χ1n) is 5.23. The second-order valence-electron chi connectivity index (χ2n) is 3.57. The van der Waals surface area contributed by atoms with E-state index >= 15 is 0 Å². The average Bonchev–Trinajstić information content (AvgIpc) is 2.86. The number of nitrogen functional groups attached to an aromatic ring is 1. The number of anilines is 2. The van der Waals surface area contributed by atoms with E-state index in [1.165, 1.54) is 0 Å². The molecule has 2 aromatic rings. The Balaban J connectivity index is 2.05. The lowest BCUT2D eigenvalue weighted by Gasteiger charge is -2.07. The molecule has 0 aromatic carbocycles. The van der Waals surface area contributed by atoms with Gasteiger partial charge in [0, 0.05) is 38.1 Å². The Morgan fingerprint density at radius 3 is 2.94 bits per heavy atom. The zero-order valence-corrected chi connectivity index (χ0v) is 9.51. The van der Waals surface area contributed by atoms with Crippen molar-refractivity contribution in [2.45, 2.75) is 20.0 Å². The van der Waals surface area contributed by atoms with E-state index in [1.54, 1.807) is 17.1 Å². The zero-order chi connectivity index (χ0) is 11.5. The van der Waals surface area contributed by atoms with Gasteiger partial charge in [-0.05, 0) is 6.92 Å². The highest BCUT2D eigenvalue weighted by atomic mass is 15.3. The molecule has 2 aromatic heterocycles. The highest BCUT2D eigenvalue weighted by Gasteiger charge is 2.05. The summed E-state index contributed by atoms with van der Waals surface area (Å²) in [5, 5.41) is 7.32. The third-order valence-corrected chi connectivity index (χ3v) is 2.56. The number of hydrogen-bond donors (Lipinski definition) is 2. The highest BCUT2D eigenvalue weighted by Crippen LogP contribution is 2.12. The lowest BCUT2D eigenvalue weighted by atomic mass is 10.3. The van der Waals surface area contributed by atoms with E-state index in [1.807, 2.05) is 17.8 Å². The molecule has 3 N–H and O–H groups in total. The highest BCUT2D eigenvalue weighted by molar-refractivity contribution is 5.41. The Hall–Kier alpha value is -1.98. The topological polar surface area (TPSA) is 73.7 Å². The fraction of sp³-hybridized carbons (Fsp3) is 0.400. The number of imidazole rings is 1. The molecular weight excluding hydrogens is 204 g/mol. The summed E-state index contributed by atoms with van der Waals surface area (Å²) in [5.41, 5.74) is 6.83. The summed E-state index contributed by atoms with van der Waals surface area (Å²) in [5.74, 6) is 1.54. The first-order chi connectivity index (χ1) is 7.72. The van der Waals surface area contributed by atoms with Crippen molar-refractivity contribution in [1.82, 2.24) is 19.3 Å².